The van der Waals surface area contributed by atoms with Gasteiger partial charge in [-0.1, -0.05) is 165 Å². The minimum absolute atomic E-state index is 0.0308. The molecule has 0 bridgehead atoms. The Morgan fingerprint density at radius 2 is 0.478 bits per heavy atom. The van der Waals surface area contributed by atoms with Crippen LogP contribution in [0.2, 0.25) is 0 Å². The summed E-state index contributed by atoms with van der Waals surface area (Å²) in [5.41, 5.74) is 4.02. The molecule has 0 radical (unpaired) electrons. The molecule has 0 amide bonds. The van der Waals surface area contributed by atoms with E-state index >= 15 is 0 Å². The largest absolute Gasteiger partial charge is 0.507 e. The summed E-state index contributed by atoms with van der Waals surface area (Å²) in [5, 5.41) is 201. The van der Waals surface area contributed by atoms with E-state index < -0.39 is 80.6 Å². The van der Waals surface area contributed by atoms with Crippen LogP contribution in [0.15, 0.2) is 133 Å². The van der Waals surface area contributed by atoms with Gasteiger partial charge in [0, 0.05) is 134 Å². The standard InChI is InChI=1S/C40H50O8.C36H26O8.C34H34O8/c1-7-11-13-23(9-3)17-29(41)35-25-15-21(5)33(37(45)27(25)19-31(43)39(35)47)34-22(6)16-26-28(38(34)46)20-32(44)40(48)36(26)30(42)18-24(10-4)14-12-8-2;1-17-13-21-23(15-25(37)35(43)29(21)31(39)19-9-5-3-6-10-19)33(41)27(17)28-18(2)14-22-24(34(28)42)16-26(38)36(44)30(22)32(40)20-11-7-4-8-12-20;1-15-11-19-21(13-23(35)33(41)27(19)29(37)17-7-3-4-8-17)31(39)25(15)26-16(2)12-20-22(32(26)40)14-24(36)34(42)28(20)30(38)18-9-5-6-10-18/h15-16,19-20,23-24,43-48H,7-14,17-18H2,1-6H3;3-16,37-38,41-44H,1-2H3;11-14,17-18,35-36,39-42H,3-10H2,1-2H3. The van der Waals surface area contributed by atoms with E-state index in [2.05, 4.69) is 13.8 Å². The molecule has 2 unspecified atom stereocenters. The third-order valence-electron chi connectivity index (χ3n) is 27.2. The van der Waals surface area contributed by atoms with E-state index in [0.29, 0.717) is 69.8 Å². The highest BCUT2D eigenvalue weighted by molar-refractivity contribution is 6.24. The fourth-order valence-corrected chi connectivity index (χ4v) is 20.1. The van der Waals surface area contributed by atoms with E-state index in [9.17, 15) is 121 Å². The van der Waals surface area contributed by atoms with Crippen LogP contribution in [0.3, 0.4) is 0 Å². The highest BCUT2D eigenvalue weighted by atomic mass is 16.3. The number of aryl methyl sites for hydroxylation is 6. The normalized spacial score (nSPS) is 13.4. The molecule has 2 atom stereocenters. The molecule has 16 rings (SSSR count). The average Bonchev–Trinajstić information content (AvgIpc) is 1.09. The van der Waals surface area contributed by atoms with Crippen molar-refractivity contribution in [2.24, 2.45) is 23.7 Å². The minimum atomic E-state index is -0.631. The molecule has 14 aromatic carbocycles. The van der Waals surface area contributed by atoms with Crippen LogP contribution < -0.4 is 0 Å². The number of phenols is 18. The van der Waals surface area contributed by atoms with Crippen molar-refractivity contribution in [3.63, 3.8) is 0 Å². The first-order valence-corrected chi connectivity index (χ1v) is 45.4. The van der Waals surface area contributed by atoms with Gasteiger partial charge in [0.2, 0.25) is 0 Å². The van der Waals surface area contributed by atoms with Crippen LogP contribution in [0.4, 0.5) is 0 Å². The number of carbonyl (C=O) groups excluding carboxylic acids is 6. The number of aromatic hydroxyl groups is 18. The molecule has 694 valence electrons. The summed E-state index contributed by atoms with van der Waals surface area (Å²) in [7, 11) is 0. The first kappa shape index (κ1) is 95.2. The molecule has 0 heterocycles. The number of rotatable bonds is 25. The van der Waals surface area contributed by atoms with Gasteiger partial charge in [0.1, 0.15) is 34.5 Å². The Morgan fingerprint density at radius 3 is 0.701 bits per heavy atom. The summed E-state index contributed by atoms with van der Waals surface area (Å²) in [5.74, 6) is -11.5. The summed E-state index contributed by atoms with van der Waals surface area (Å²) in [6, 6.07) is 33.2. The van der Waals surface area contributed by atoms with Crippen LogP contribution in [-0.4, -0.2) is 127 Å². The van der Waals surface area contributed by atoms with Gasteiger partial charge in [-0.25, -0.2) is 0 Å². The Balaban J connectivity index is 0.000000162. The van der Waals surface area contributed by atoms with Crippen molar-refractivity contribution in [1.29, 1.82) is 0 Å². The van der Waals surface area contributed by atoms with Crippen LogP contribution >= 0.6 is 0 Å². The lowest BCUT2D eigenvalue weighted by molar-refractivity contribution is 0.0913. The first-order chi connectivity index (χ1) is 63.8. The van der Waals surface area contributed by atoms with Gasteiger partial charge in [-0.2, -0.15) is 0 Å². The lowest BCUT2D eigenvalue weighted by atomic mass is 9.84. The highest BCUT2D eigenvalue weighted by Gasteiger charge is 2.37. The van der Waals surface area contributed by atoms with Crippen LogP contribution in [-0.2, 0) is 0 Å². The molecule has 134 heavy (non-hydrogen) atoms. The number of benzene rings is 14. The summed E-state index contributed by atoms with van der Waals surface area (Å²) in [6.07, 6.45) is 14.0. The second-order valence-electron chi connectivity index (χ2n) is 36.0. The van der Waals surface area contributed by atoms with Crippen LogP contribution in [0.25, 0.3) is 98.0 Å². The molecule has 0 aromatic heterocycles. The maximum absolute atomic E-state index is 13.6. The molecule has 2 saturated carbocycles. The van der Waals surface area contributed by atoms with E-state index in [1.807, 2.05) is 13.8 Å². The molecule has 18 N–H and O–H groups in total. The average molecular weight is 1820 g/mol. The predicted octanol–water partition coefficient (Wildman–Crippen LogP) is 24.3. The number of unbranched alkanes of at least 4 members (excludes halogenated alkanes) is 2. The summed E-state index contributed by atoms with van der Waals surface area (Å²) in [6.45, 7) is 18.3. The maximum Gasteiger partial charge on any atom is 0.197 e. The minimum Gasteiger partial charge on any atom is -0.507 e. The lowest BCUT2D eigenvalue weighted by Gasteiger charge is -2.21. The summed E-state index contributed by atoms with van der Waals surface area (Å²) >= 11 is 0. The smallest absolute Gasteiger partial charge is 0.197 e. The van der Waals surface area contributed by atoms with Crippen molar-refractivity contribution in [3.8, 4) is 137 Å². The molecule has 0 spiro atoms. The topological polar surface area (TPSA) is 467 Å². The van der Waals surface area contributed by atoms with Gasteiger partial charge < -0.3 is 91.9 Å². The van der Waals surface area contributed by atoms with Crippen molar-refractivity contribution in [2.45, 2.75) is 185 Å². The van der Waals surface area contributed by atoms with Gasteiger partial charge in [-0.3, -0.25) is 28.8 Å². The molecule has 0 aliphatic heterocycles. The molecule has 2 fully saturated rings. The zero-order valence-corrected chi connectivity index (χ0v) is 76.2. The lowest BCUT2D eigenvalue weighted by Crippen LogP contribution is -2.12. The van der Waals surface area contributed by atoms with Gasteiger partial charge in [-0.15, -0.1) is 0 Å². The molecule has 24 nitrogen and oxygen atoms in total. The van der Waals surface area contributed by atoms with Gasteiger partial charge in [0.15, 0.2) is 104 Å². The number of Topliss-reactive ketones (excluding diaryl/α,β-unsaturated/α-hetero) is 4. The third kappa shape index (κ3) is 17.2. The Hall–Kier alpha value is -14.9. The third-order valence-corrected chi connectivity index (χ3v) is 27.2. The Labute approximate surface area is 772 Å². The molecule has 2 aliphatic carbocycles. The van der Waals surface area contributed by atoms with Crippen molar-refractivity contribution >= 4 is 99.3 Å². The highest BCUT2D eigenvalue weighted by Crippen LogP contribution is 2.57. The Bertz CT molecular complexity index is 6750. The molecular weight excluding hydrogens is 1710 g/mol. The summed E-state index contributed by atoms with van der Waals surface area (Å²) < 4.78 is 0. The van der Waals surface area contributed by atoms with Crippen LogP contribution in [0, 0.1) is 65.2 Å². The number of ketones is 6. The van der Waals surface area contributed by atoms with E-state index in [1.54, 1.807) is 139 Å². The van der Waals surface area contributed by atoms with Crippen molar-refractivity contribution in [2.75, 3.05) is 0 Å². The van der Waals surface area contributed by atoms with Gasteiger partial charge in [0.25, 0.3) is 0 Å². The zero-order chi connectivity index (χ0) is 96.9. The predicted molar refractivity (Wildman–Crippen MR) is 516 cm³/mol. The second kappa shape index (κ2) is 38.5. The second-order valence-corrected chi connectivity index (χ2v) is 36.0. The number of phenolic OH excluding ortho intramolecular Hbond substituents is 18. The molecule has 24 heteroatoms. The van der Waals surface area contributed by atoms with Crippen molar-refractivity contribution < 1.29 is 121 Å². The fourth-order valence-electron chi connectivity index (χ4n) is 20.1. The molecule has 14 aromatic rings. The zero-order valence-electron chi connectivity index (χ0n) is 76.2. The van der Waals surface area contributed by atoms with Gasteiger partial charge in [0.05, 0.1) is 33.4 Å². The number of hydrogen-bond donors (Lipinski definition) is 18. The van der Waals surface area contributed by atoms with E-state index in [-0.39, 0.29) is 226 Å². The number of carbonyl (C=O) groups is 6. The van der Waals surface area contributed by atoms with Gasteiger partial charge in [-0.05, 0) is 185 Å². The van der Waals surface area contributed by atoms with Crippen LogP contribution in [0.5, 0.6) is 103 Å². The monoisotopic (exact) mass is 1810 g/mol. The van der Waals surface area contributed by atoms with Gasteiger partial charge >= 0.3 is 0 Å². The van der Waals surface area contributed by atoms with E-state index in [1.165, 1.54) is 24.3 Å². The van der Waals surface area contributed by atoms with E-state index in [4.69, 9.17) is 0 Å². The quantitative estimate of drug-likeness (QED) is 0.0187. The number of hydrogen-bond acceptors (Lipinski definition) is 24. The SMILES string of the molecule is CCCCC(CC)CC(=O)c1c(O)c(O)cc2c(O)c(-c3c(C)cc4c(C(=O)CC(CC)CCCC)c(O)c(O)cc4c3O)c(C)cc12.Cc1cc2c(C(=O)C3CCCC3)c(O)c(O)cc2c(O)c1-c1c(C)cc2c(C(=O)C3CCCC3)c(O)c(O)cc2c1O.Cc1cc2c(C(=O)c3ccccc3)c(O)c(O)cc2c(O)c1-c1c(C)cc2c(C(=O)c3ccccc3)c(O)c(O)cc2c1O. The van der Waals surface area contributed by atoms with Crippen molar-refractivity contribution in [3.05, 3.63) is 211 Å². The van der Waals surface area contributed by atoms with Crippen LogP contribution in [0.1, 0.15) is 250 Å². The molecule has 2 aliphatic rings. The fraction of sp³-hybridized carbons (Fsp3) is 0.291. The Morgan fingerprint density at radius 1 is 0.269 bits per heavy atom. The molecular formula is C110H110O24. The summed E-state index contributed by atoms with van der Waals surface area (Å²) in [4.78, 5) is 81.0. The Kier molecular flexibility index (Phi) is 27.3. The molecule has 0 saturated heterocycles. The maximum atomic E-state index is 13.6. The number of fused-ring (bicyclic) bond motifs is 6. The van der Waals surface area contributed by atoms with E-state index in [0.717, 1.165) is 89.2 Å². The first-order valence-electron chi connectivity index (χ1n) is 45.4. The van der Waals surface area contributed by atoms with Crippen molar-refractivity contribution in [1.82, 2.24) is 0 Å².